The van der Waals surface area contributed by atoms with Gasteiger partial charge in [0.05, 0.1) is 12.1 Å². The predicted molar refractivity (Wildman–Crippen MR) is 113 cm³/mol. The van der Waals surface area contributed by atoms with Crippen molar-refractivity contribution >= 4 is 10.8 Å². The normalized spacial score (nSPS) is 21.5. The van der Waals surface area contributed by atoms with Crippen LogP contribution in [0, 0.1) is 0 Å². The quantitative estimate of drug-likeness (QED) is 0.387. The molecule has 0 spiro atoms. The molecule has 3 unspecified atom stereocenters. The Hall–Kier alpha value is -2.90. The molecule has 0 aromatic heterocycles. The lowest BCUT2D eigenvalue weighted by Crippen LogP contribution is -2.13. The van der Waals surface area contributed by atoms with E-state index in [0.717, 1.165) is 0 Å². The summed E-state index contributed by atoms with van der Waals surface area (Å²) in [6.45, 7) is 2.35. The molecule has 1 fully saturated rings. The van der Waals surface area contributed by atoms with E-state index in [4.69, 9.17) is 0 Å². The number of hydrogen-bond acceptors (Lipinski definition) is 1. The molecule has 4 aromatic carbocycles. The Morgan fingerprint density at radius 3 is 1.81 bits per heavy atom. The Morgan fingerprint density at radius 2 is 1.19 bits per heavy atom. The first kappa shape index (κ1) is 16.3. The monoisotopic (exact) mass is 349 g/mol. The van der Waals surface area contributed by atoms with Gasteiger partial charge in [-0.3, -0.25) is 4.90 Å². The molecule has 1 nitrogen and oxygen atoms in total. The first-order valence-electron chi connectivity index (χ1n) is 9.69. The van der Waals surface area contributed by atoms with Crippen molar-refractivity contribution in [3.63, 3.8) is 0 Å². The van der Waals surface area contributed by atoms with E-state index in [9.17, 15) is 0 Å². The third kappa shape index (κ3) is 2.94. The second-order valence-electron chi connectivity index (χ2n) is 7.46. The van der Waals surface area contributed by atoms with Crippen LogP contribution < -0.4 is 0 Å². The van der Waals surface area contributed by atoms with Gasteiger partial charge in [0, 0.05) is 6.04 Å². The Bertz CT molecular complexity index is 1020. The molecule has 3 atom stereocenters. The average molecular weight is 349 g/mol. The van der Waals surface area contributed by atoms with Crippen molar-refractivity contribution in [2.24, 2.45) is 0 Å². The van der Waals surface area contributed by atoms with Crippen molar-refractivity contribution in [1.82, 2.24) is 4.90 Å². The van der Waals surface area contributed by atoms with Gasteiger partial charge >= 0.3 is 0 Å². The third-order valence-electron chi connectivity index (χ3n) is 5.80. The van der Waals surface area contributed by atoms with Crippen LogP contribution in [0.1, 0.15) is 35.7 Å². The highest BCUT2D eigenvalue weighted by molar-refractivity contribution is 5.83. The van der Waals surface area contributed by atoms with Gasteiger partial charge in [0.1, 0.15) is 0 Å². The van der Waals surface area contributed by atoms with Crippen molar-refractivity contribution in [3.8, 4) is 0 Å². The summed E-state index contributed by atoms with van der Waals surface area (Å²) >= 11 is 0. The van der Waals surface area contributed by atoms with Crippen LogP contribution in [0.2, 0.25) is 0 Å². The van der Waals surface area contributed by atoms with Crippen molar-refractivity contribution in [3.05, 3.63) is 120 Å². The summed E-state index contributed by atoms with van der Waals surface area (Å²) in [5, 5.41) is 2.63. The van der Waals surface area contributed by atoms with Crippen molar-refractivity contribution in [2.45, 2.75) is 25.0 Å². The maximum Gasteiger partial charge on any atom is 0.0611 e. The minimum absolute atomic E-state index is 0.291. The minimum atomic E-state index is 0.291. The third-order valence-corrected chi connectivity index (χ3v) is 5.80. The summed E-state index contributed by atoms with van der Waals surface area (Å²) in [7, 11) is 0. The molecule has 1 saturated heterocycles. The van der Waals surface area contributed by atoms with Gasteiger partial charge in [-0.1, -0.05) is 97.1 Å². The maximum atomic E-state index is 2.63. The average Bonchev–Trinajstić information content (AvgIpc) is 3.39. The molecule has 5 rings (SSSR count). The second-order valence-corrected chi connectivity index (χ2v) is 7.46. The molecule has 0 amide bonds. The molecule has 0 radical (unpaired) electrons. The van der Waals surface area contributed by atoms with Crippen LogP contribution >= 0.6 is 0 Å². The summed E-state index contributed by atoms with van der Waals surface area (Å²) in [5.74, 6) is 0. The fourth-order valence-electron chi connectivity index (χ4n) is 4.42. The van der Waals surface area contributed by atoms with E-state index in [2.05, 4.69) is 115 Å². The van der Waals surface area contributed by atoms with Crippen LogP contribution in [0.25, 0.3) is 10.8 Å². The lowest BCUT2D eigenvalue weighted by molar-refractivity contribution is 0.414. The number of benzene rings is 4. The smallest absolute Gasteiger partial charge is 0.0611 e. The number of rotatable bonds is 4. The topological polar surface area (TPSA) is 3.01 Å². The van der Waals surface area contributed by atoms with Crippen molar-refractivity contribution < 1.29 is 0 Å². The van der Waals surface area contributed by atoms with Crippen LogP contribution in [0.4, 0.5) is 0 Å². The zero-order valence-corrected chi connectivity index (χ0v) is 15.5. The molecule has 27 heavy (non-hydrogen) atoms. The predicted octanol–water partition coefficient (Wildman–Crippen LogP) is 6.37. The molecule has 0 bridgehead atoms. The Labute approximate surface area is 160 Å². The van der Waals surface area contributed by atoms with Gasteiger partial charge in [0.25, 0.3) is 0 Å². The summed E-state index contributed by atoms with van der Waals surface area (Å²) < 4.78 is 0. The van der Waals surface area contributed by atoms with Gasteiger partial charge in [0.15, 0.2) is 0 Å². The van der Waals surface area contributed by atoms with E-state index in [1.807, 2.05) is 0 Å². The number of hydrogen-bond donors (Lipinski definition) is 0. The maximum absolute atomic E-state index is 2.63. The van der Waals surface area contributed by atoms with E-state index < -0.39 is 0 Å². The first-order valence-corrected chi connectivity index (χ1v) is 9.69. The Balaban J connectivity index is 1.54. The summed E-state index contributed by atoms with van der Waals surface area (Å²) in [6.07, 6.45) is 0. The van der Waals surface area contributed by atoms with E-state index >= 15 is 0 Å². The molecule has 4 aromatic rings. The van der Waals surface area contributed by atoms with Crippen LogP contribution in [0.5, 0.6) is 0 Å². The van der Waals surface area contributed by atoms with Gasteiger partial charge in [-0.15, -0.1) is 0 Å². The molecule has 1 heterocycles. The SMILES string of the molecule is CC1C(c2ccc3ccccc3c2)N1C(c1ccccc1)c1ccccc1. The van der Waals surface area contributed by atoms with Gasteiger partial charge in [-0.2, -0.15) is 0 Å². The Morgan fingerprint density at radius 1 is 0.630 bits per heavy atom. The highest BCUT2D eigenvalue weighted by Gasteiger charge is 2.49. The summed E-state index contributed by atoms with van der Waals surface area (Å²) in [5.41, 5.74) is 4.13. The highest BCUT2D eigenvalue weighted by atomic mass is 15.4. The van der Waals surface area contributed by atoms with E-state index in [0.29, 0.717) is 18.1 Å². The lowest BCUT2D eigenvalue weighted by atomic mass is 9.98. The van der Waals surface area contributed by atoms with Crippen LogP contribution in [0.3, 0.4) is 0 Å². The molecule has 1 aliphatic rings. The van der Waals surface area contributed by atoms with Crippen LogP contribution in [-0.2, 0) is 0 Å². The zero-order valence-electron chi connectivity index (χ0n) is 15.5. The van der Waals surface area contributed by atoms with Gasteiger partial charge in [-0.25, -0.2) is 0 Å². The fourth-order valence-corrected chi connectivity index (χ4v) is 4.42. The molecular formula is C26H23N. The second kappa shape index (κ2) is 6.68. The minimum Gasteiger partial charge on any atom is -0.279 e. The largest absolute Gasteiger partial charge is 0.279 e. The molecule has 0 saturated carbocycles. The molecular weight excluding hydrogens is 326 g/mol. The number of fused-ring (bicyclic) bond motifs is 1. The lowest BCUT2D eigenvalue weighted by Gasteiger charge is -2.21. The molecule has 0 aliphatic carbocycles. The first-order chi connectivity index (χ1) is 13.3. The van der Waals surface area contributed by atoms with Crippen LogP contribution in [-0.4, -0.2) is 10.9 Å². The zero-order chi connectivity index (χ0) is 18.2. The Kier molecular flexibility index (Phi) is 4.03. The molecule has 1 heteroatoms. The summed E-state index contributed by atoms with van der Waals surface area (Å²) in [4.78, 5) is 2.63. The fraction of sp³-hybridized carbons (Fsp3) is 0.154. The standard InChI is InChI=1S/C26H23N/c1-19-25(24-17-16-20-10-8-9-15-23(20)18-24)27(19)26(21-11-4-2-5-12-21)22-13-6-3-7-14-22/h2-19,25-26H,1H3. The van der Waals surface area contributed by atoms with Gasteiger partial charge < -0.3 is 0 Å². The van der Waals surface area contributed by atoms with E-state index in [1.165, 1.54) is 27.5 Å². The van der Waals surface area contributed by atoms with Crippen molar-refractivity contribution in [1.29, 1.82) is 0 Å². The van der Waals surface area contributed by atoms with Crippen LogP contribution in [0.15, 0.2) is 103 Å². The molecule has 0 N–H and O–H groups in total. The van der Waals surface area contributed by atoms with Gasteiger partial charge in [0.2, 0.25) is 0 Å². The summed E-state index contributed by atoms with van der Waals surface area (Å²) in [6, 6.07) is 38.6. The van der Waals surface area contributed by atoms with Gasteiger partial charge in [-0.05, 0) is 40.5 Å². The van der Waals surface area contributed by atoms with E-state index in [1.54, 1.807) is 0 Å². The number of nitrogens with zero attached hydrogens (tertiary/aromatic N) is 1. The van der Waals surface area contributed by atoms with Crippen molar-refractivity contribution in [2.75, 3.05) is 0 Å². The molecule has 132 valence electrons. The molecule has 1 aliphatic heterocycles. The highest BCUT2D eigenvalue weighted by Crippen LogP contribution is 2.51. The van der Waals surface area contributed by atoms with E-state index in [-0.39, 0.29) is 0 Å².